The third-order valence-corrected chi connectivity index (χ3v) is 3.99. The molecular weight excluding hydrogens is 278 g/mol. The van der Waals surface area contributed by atoms with E-state index in [1.165, 1.54) is 0 Å². The van der Waals surface area contributed by atoms with E-state index < -0.39 is 0 Å². The topological polar surface area (TPSA) is 68.5 Å². The molecule has 20 heavy (non-hydrogen) atoms. The van der Waals surface area contributed by atoms with E-state index in [-0.39, 0.29) is 5.91 Å². The zero-order valence-electron chi connectivity index (χ0n) is 10.9. The number of hydrogen-bond acceptors (Lipinski definition) is 6. The first-order chi connectivity index (χ1) is 9.83. The fourth-order valence-corrected chi connectivity index (χ4v) is 2.70. The fourth-order valence-electron chi connectivity index (χ4n) is 2.05. The predicted octanol–water partition coefficient (Wildman–Crippen LogP) is 1.59. The number of thiophene rings is 1. The van der Waals surface area contributed by atoms with E-state index in [0.717, 1.165) is 4.88 Å². The number of rotatable bonds is 4. The molecule has 0 spiro atoms. The summed E-state index contributed by atoms with van der Waals surface area (Å²) in [5.41, 5.74) is 0. The van der Waals surface area contributed by atoms with Crippen LogP contribution in [-0.4, -0.2) is 47.3 Å². The molecule has 0 bridgehead atoms. The van der Waals surface area contributed by atoms with Crippen molar-refractivity contribution in [1.29, 1.82) is 0 Å². The van der Waals surface area contributed by atoms with E-state index in [0.29, 0.717) is 50.9 Å². The van der Waals surface area contributed by atoms with Gasteiger partial charge in [0.05, 0.1) is 18.1 Å². The van der Waals surface area contributed by atoms with E-state index >= 15 is 0 Å². The Morgan fingerprint density at radius 1 is 1.40 bits per heavy atom. The largest absolute Gasteiger partial charge is 0.378 e. The molecule has 0 N–H and O–H groups in total. The lowest BCUT2D eigenvalue weighted by molar-refractivity contribution is -0.135. The Bertz CT molecular complexity index is 561. The zero-order chi connectivity index (χ0) is 13.8. The van der Waals surface area contributed by atoms with Crippen LogP contribution in [-0.2, 0) is 16.0 Å². The summed E-state index contributed by atoms with van der Waals surface area (Å²) in [7, 11) is 0. The van der Waals surface area contributed by atoms with Crippen LogP contribution in [0.3, 0.4) is 0 Å². The summed E-state index contributed by atoms with van der Waals surface area (Å²) in [6, 6.07) is 3.89. The van der Waals surface area contributed by atoms with Gasteiger partial charge in [-0.2, -0.15) is 4.98 Å². The van der Waals surface area contributed by atoms with Gasteiger partial charge in [-0.1, -0.05) is 11.2 Å². The number of hydrogen-bond donors (Lipinski definition) is 0. The molecule has 0 saturated carbocycles. The van der Waals surface area contributed by atoms with Gasteiger partial charge in [0, 0.05) is 25.9 Å². The minimum Gasteiger partial charge on any atom is -0.378 e. The van der Waals surface area contributed by atoms with Gasteiger partial charge in [-0.15, -0.1) is 11.3 Å². The van der Waals surface area contributed by atoms with Crippen molar-refractivity contribution >= 4 is 17.2 Å². The van der Waals surface area contributed by atoms with Crippen LogP contribution in [0.2, 0.25) is 0 Å². The molecular formula is C13H15N3O3S. The normalized spacial score (nSPS) is 15.5. The van der Waals surface area contributed by atoms with Crippen LogP contribution < -0.4 is 0 Å². The van der Waals surface area contributed by atoms with Crippen molar-refractivity contribution in [2.24, 2.45) is 0 Å². The third-order valence-electron chi connectivity index (χ3n) is 3.13. The maximum atomic E-state index is 12.0. The Morgan fingerprint density at radius 3 is 3.00 bits per heavy atom. The Labute approximate surface area is 120 Å². The second kappa shape index (κ2) is 6.15. The number of aryl methyl sites for hydroxylation is 1. The number of nitrogens with zero attached hydrogens (tertiary/aromatic N) is 3. The smallest absolute Gasteiger partial charge is 0.227 e. The molecule has 1 saturated heterocycles. The molecule has 3 rings (SSSR count). The second-order valence-electron chi connectivity index (χ2n) is 4.48. The molecule has 2 aromatic heterocycles. The van der Waals surface area contributed by atoms with Gasteiger partial charge < -0.3 is 14.2 Å². The summed E-state index contributed by atoms with van der Waals surface area (Å²) in [4.78, 5) is 19.1. The molecule has 0 unspecified atom stereocenters. The Kier molecular flexibility index (Phi) is 4.08. The minimum absolute atomic E-state index is 0.115. The number of amides is 1. The van der Waals surface area contributed by atoms with Crippen LogP contribution in [0.1, 0.15) is 12.3 Å². The molecule has 3 heterocycles. The minimum atomic E-state index is 0.115. The lowest BCUT2D eigenvalue weighted by Crippen LogP contribution is -2.40. The highest BCUT2D eigenvalue weighted by molar-refractivity contribution is 7.13. The van der Waals surface area contributed by atoms with Gasteiger partial charge in [0.15, 0.2) is 0 Å². The maximum Gasteiger partial charge on any atom is 0.227 e. The molecule has 7 heteroatoms. The summed E-state index contributed by atoms with van der Waals surface area (Å²) in [5.74, 6) is 1.22. The van der Waals surface area contributed by atoms with Gasteiger partial charge in [-0.05, 0) is 11.4 Å². The maximum absolute atomic E-state index is 12.0. The number of aromatic nitrogens is 2. The Morgan fingerprint density at radius 2 is 2.25 bits per heavy atom. The number of ether oxygens (including phenoxy) is 1. The molecule has 0 atom stereocenters. The van der Waals surface area contributed by atoms with Crippen molar-refractivity contribution in [2.45, 2.75) is 12.8 Å². The highest BCUT2D eigenvalue weighted by Gasteiger charge is 2.18. The van der Waals surface area contributed by atoms with Crippen LogP contribution >= 0.6 is 11.3 Å². The first kappa shape index (κ1) is 13.3. The molecule has 1 aliphatic heterocycles. The van der Waals surface area contributed by atoms with Crippen molar-refractivity contribution in [3.8, 4) is 10.7 Å². The van der Waals surface area contributed by atoms with Crippen LogP contribution in [0.15, 0.2) is 22.0 Å². The van der Waals surface area contributed by atoms with Crippen LogP contribution in [0.5, 0.6) is 0 Å². The molecule has 6 nitrogen and oxygen atoms in total. The second-order valence-corrected chi connectivity index (χ2v) is 5.43. The molecule has 2 aromatic rings. The monoisotopic (exact) mass is 293 g/mol. The first-order valence-corrected chi connectivity index (χ1v) is 7.43. The van der Waals surface area contributed by atoms with Gasteiger partial charge in [0.1, 0.15) is 0 Å². The molecule has 0 aliphatic carbocycles. The van der Waals surface area contributed by atoms with E-state index in [1.54, 1.807) is 11.3 Å². The average Bonchev–Trinajstić information content (AvgIpc) is 3.16. The van der Waals surface area contributed by atoms with Crippen LogP contribution in [0.4, 0.5) is 0 Å². The van der Waals surface area contributed by atoms with E-state index in [1.807, 2.05) is 22.4 Å². The van der Waals surface area contributed by atoms with Gasteiger partial charge in [0.2, 0.25) is 17.6 Å². The summed E-state index contributed by atoms with van der Waals surface area (Å²) in [6.45, 7) is 2.58. The quantitative estimate of drug-likeness (QED) is 0.856. The van der Waals surface area contributed by atoms with E-state index in [4.69, 9.17) is 9.26 Å². The summed E-state index contributed by atoms with van der Waals surface area (Å²) < 4.78 is 10.4. The van der Waals surface area contributed by atoms with Gasteiger partial charge >= 0.3 is 0 Å². The van der Waals surface area contributed by atoms with Gasteiger partial charge in [-0.3, -0.25) is 4.79 Å². The third kappa shape index (κ3) is 3.05. The predicted molar refractivity (Wildman–Crippen MR) is 73.3 cm³/mol. The Balaban J connectivity index is 1.54. The number of morpholine rings is 1. The number of carbonyl (C=O) groups is 1. The van der Waals surface area contributed by atoms with E-state index in [2.05, 4.69) is 10.1 Å². The van der Waals surface area contributed by atoms with Crippen molar-refractivity contribution < 1.29 is 14.1 Å². The Hall–Kier alpha value is -1.73. The highest BCUT2D eigenvalue weighted by Crippen LogP contribution is 2.21. The molecule has 0 radical (unpaired) electrons. The number of carbonyl (C=O) groups excluding carboxylic acids is 1. The molecule has 1 fully saturated rings. The summed E-state index contributed by atoms with van der Waals surface area (Å²) in [5, 5.41) is 5.89. The summed E-state index contributed by atoms with van der Waals surface area (Å²) in [6.07, 6.45) is 0.876. The molecule has 106 valence electrons. The van der Waals surface area contributed by atoms with E-state index in [9.17, 15) is 4.79 Å². The SMILES string of the molecule is O=C(CCc1nc(-c2cccs2)no1)N1CCOCC1. The zero-order valence-corrected chi connectivity index (χ0v) is 11.8. The van der Waals surface area contributed by atoms with Crippen molar-refractivity contribution in [2.75, 3.05) is 26.3 Å². The molecule has 0 aromatic carbocycles. The lowest BCUT2D eigenvalue weighted by Gasteiger charge is -2.26. The molecule has 1 amide bonds. The summed E-state index contributed by atoms with van der Waals surface area (Å²) >= 11 is 1.56. The molecule has 1 aliphatic rings. The van der Waals surface area contributed by atoms with Crippen molar-refractivity contribution in [1.82, 2.24) is 15.0 Å². The standard InChI is InChI=1S/C13H15N3O3S/c17-12(16-5-7-18-8-6-16)4-3-11-14-13(15-19-11)10-2-1-9-20-10/h1-2,9H,3-8H2. The first-order valence-electron chi connectivity index (χ1n) is 6.55. The fraction of sp³-hybridized carbons (Fsp3) is 0.462. The van der Waals surface area contributed by atoms with Gasteiger partial charge in [-0.25, -0.2) is 0 Å². The van der Waals surface area contributed by atoms with Crippen LogP contribution in [0, 0.1) is 0 Å². The highest BCUT2D eigenvalue weighted by atomic mass is 32.1. The van der Waals surface area contributed by atoms with Crippen molar-refractivity contribution in [3.05, 3.63) is 23.4 Å². The lowest BCUT2D eigenvalue weighted by atomic mass is 10.2. The van der Waals surface area contributed by atoms with Crippen molar-refractivity contribution in [3.63, 3.8) is 0 Å². The van der Waals surface area contributed by atoms with Crippen LogP contribution in [0.25, 0.3) is 10.7 Å². The average molecular weight is 293 g/mol. The van der Waals surface area contributed by atoms with Gasteiger partial charge in [0.25, 0.3) is 0 Å².